The number of amides is 1. The quantitative estimate of drug-likeness (QED) is 0.698. The third kappa shape index (κ3) is 3.83. The summed E-state index contributed by atoms with van der Waals surface area (Å²) in [6, 6.07) is 16.8. The van der Waals surface area contributed by atoms with Crippen LogP contribution in [0.25, 0.3) is 0 Å². The van der Waals surface area contributed by atoms with Gasteiger partial charge in [0.1, 0.15) is 0 Å². The molecular formula is C20H19N3O2. The number of hydrogen-bond acceptors (Lipinski definition) is 3. The Hall–Kier alpha value is -3.21. The summed E-state index contributed by atoms with van der Waals surface area (Å²) in [7, 11) is 0. The van der Waals surface area contributed by atoms with Crippen LogP contribution in [0.3, 0.4) is 0 Å². The summed E-state index contributed by atoms with van der Waals surface area (Å²) >= 11 is 0. The van der Waals surface area contributed by atoms with E-state index >= 15 is 0 Å². The van der Waals surface area contributed by atoms with Crippen molar-refractivity contribution in [2.24, 2.45) is 0 Å². The molecule has 1 heterocycles. The van der Waals surface area contributed by atoms with Gasteiger partial charge in [0, 0.05) is 29.7 Å². The maximum atomic E-state index is 12.6. The van der Waals surface area contributed by atoms with Gasteiger partial charge in [0.2, 0.25) is 11.9 Å². The molecule has 2 N–H and O–H groups in total. The van der Waals surface area contributed by atoms with E-state index in [1.165, 1.54) is 6.92 Å². The van der Waals surface area contributed by atoms with Gasteiger partial charge < -0.3 is 4.98 Å². The molecule has 25 heavy (non-hydrogen) atoms. The third-order valence-electron chi connectivity index (χ3n) is 4.04. The monoisotopic (exact) mass is 333 g/mol. The Morgan fingerprint density at radius 3 is 2.48 bits per heavy atom. The Bertz CT molecular complexity index is 900. The zero-order chi connectivity index (χ0) is 17.8. The molecular weight excluding hydrogens is 314 g/mol. The van der Waals surface area contributed by atoms with Crippen LogP contribution in [-0.4, -0.2) is 21.7 Å². The summed E-state index contributed by atoms with van der Waals surface area (Å²) in [5.74, 6) is 0.256. The summed E-state index contributed by atoms with van der Waals surface area (Å²) in [6.07, 6.45) is 1.70. The molecule has 0 aliphatic carbocycles. The molecule has 2 aromatic carbocycles. The minimum atomic E-state index is -0.177. The molecule has 0 saturated heterocycles. The Labute approximate surface area is 146 Å². The molecule has 3 rings (SSSR count). The van der Waals surface area contributed by atoms with Gasteiger partial charge in [-0.3, -0.25) is 14.9 Å². The van der Waals surface area contributed by atoms with Crippen LogP contribution in [0.15, 0.2) is 60.8 Å². The molecule has 5 nitrogen and oxygen atoms in total. The molecule has 1 amide bonds. The average Bonchev–Trinajstić information content (AvgIpc) is 3.09. The van der Waals surface area contributed by atoms with Gasteiger partial charge in [-0.1, -0.05) is 55.5 Å². The molecule has 0 saturated carbocycles. The number of hydrogen-bond donors (Lipinski definition) is 2. The van der Waals surface area contributed by atoms with Crippen molar-refractivity contribution < 1.29 is 9.59 Å². The predicted octanol–water partition coefficient (Wildman–Crippen LogP) is 3.75. The van der Waals surface area contributed by atoms with Crippen molar-refractivity contribution in [1.29, 1.82) is 0 Å². The first-order valence-corrected chi connectivity index (χ1v) is 8.07. The zero-order valence-electron chi connectivity index (χ0n) is 14.1. The fourth-order valence-electron chi connectivity index (χ4n) is 2.67. The van der Waals surface area contributed by atoms with E-state index in [9.17, 15) is 9.59 Å². The Balaban J connectivity index is 1.84. The number of H-pyrrole nitrogens is 1. The number of aromatic nitrogens is 2. The smallest absolute Gasteiger partial charge is 0.223 e. The van der Waals surface area contributed by atoms with Gasteiger partial charge in [-0.05, 0) is 11.6 Å². The van der Waals surface area contributed by atoms with Crippen LogP contribution in [0.5, 0.6) is 0 Å². The maximum Gasteiger partial charge on any atom is 0.223 e. The molecule has 0 spiro atoms. The number of imidazole rings is 1. The summed E-state index contributed by atoms with van der Waals surface area (Å²) in [6.45, 7) is 3.46. The van der Waals surface area contributed by atoms with Crippen LogP contribution in [0.4, 0.5) is 5.95 Å². The first-order chi connectivity index (χ1) is 12.0. The normalized spacial score (nSPS) is 11.8. The first kappa shape index (κ1) is 16.6. The van der Waals surface area contributed by atoms with E-state index in [0.717, 1.165) is 11.3 Å². The van der Waals surface area contributed by atoms with E-state index in [4.69, 9.17) is 0 Å². The number of aromatic amines is 1. The highest BCUT2D eigenvalue weighted by molar-refractivity contribution is 6.09. The molecule has 3 aromatic rings. The van der Waals surface area contributed by atoms with E-state index in [1.807, 2.05) is 61.5 Å². The van der Waals surface area contributed by atoms with Crippen LogP contribution in [0.2, 0.25) is 0 Å². The van der Waals surface area contributed by atoms with Gasteiger partial charge in [0.15, 0.2) is 5.78 Å². The van der Waals surface area contributed by atoms with Crippen molar-refractivity contribution in [2.75, 3.05) is 5.32 Å². The standard InChI is InChI=1S/C20H19N3O2/c1-13(18-12-21-20(23-18)22-14(2)24)16-9-6-10-17(11-16)19(25)15-7-4-3-5-8-15/h3-13H,1-2H3,(H2,21,22,23,24). The SMILES string of the molecule is CC(=O)Nc1ncc(C(C)c2cccc(C(=O)c3ccccc3)c2)[nH]1. The fourth-order valence-corrected chi connectivity index (χ4v) is 2.67. The van der Waals surface area contributed by atoms with E-state index in [0.29, 0.717) is 17.1 Å². The minimum absolute atomic E-state index is 0.00167. The number of carbonyl (C=O) groups is 2. The second-order valence-corrected chi connectivity index (χ2v) is 5.91. The Morgan fingerprint density at radius 1 is 1.04 bits per heavy atom. The molecule has 0 bridgehead atoms. The molecule has 0 radical (unpaired) electrons. The van der Waals surface area contributed by atoms with Crippen LogP contribution in [0, 0.1) is 0 Å². The lowest BCUT2D eigenvalue weighted by Gasteiger charge is -2.11. The number of nitrogens with one attached hydrogen (secondary N) is 2. The molecule has 1 unspecified atom stereocenters. The maximum absolute atomic E-state index is 12.6. The van der Waals surface area contributed by atoms with Crippen molar-refractivity contribution in [3.8, 4) is 0 Å². The van der Waals surface area contributed by atoms with Crippen LogP contribution >= 0.6 is 0 Å². The topological polar surface area (TPSA) is 74.8 Å². The average molecular weight is 333 g/mol. The zero-order valence-corrected chi connectivity index (χ0v) is 14.1. The van der Waals surface area contributed by atoms with E-state index in [1.54, 1.807) is 6.20 Å². The van der Waals surface area contributed by atoms with Crippen LogP contribution in [-0.2, 0) is 4.79 Å². The van der Waals surface area contributed by atoms with Crippen LogP contribution < -0.4 is 5.32 Å². The van der Waals surface area contributed by atoms with Gasteiger partial charge in [0.05, 0.1) is 6.20 Å². The predicted molar refractivity (Wildman–Crippen MR) is 96.7 cm³/mol. The summed E-state index contributed by atoms with van der Waals surface area (Å²) in [5, 5.41) is 2.62. The molecule has 1 atom stereocenters. The Morgan fingerprint density at radius 2 is 1.76 bits per heavy atom. The summed E-state index contributed by atoms with van der Waals surface area (Å²) in [5.41, 5.74) is 3.19. The molecule has 1 aromatic heterocycles. The van der Waals surface area contributed by atoms with Gasteiger partial charge in [-0.15, -0.1) is 0 Å². The highest BCUT2D eigenvalue weighted by atomic mass is 16.1. The van der Waals surface area contributed by atoms with Gasteiger partial charge >= 0.3 is 0 Å². The molecule has 0 aliphatic rings. The number of nitrogens with zero attached hydrogens (tertiary/aromatic N) is 1. The second kappa shape index (κ2) is 7.13. The lowest BCUT2D eigenvalue weighted by molar-refractivity contribution is -0.114. The van der Waals surface area contributed by atoms with Crippen LogP contribution in [0.1, 0.15) is 46.9 Å². The molecule has 0 aliphatic heterocycles. The van der Waals surface area contributed by atoms with Crippen molar-refractivity contribution in [1.82, 2.24) is 9.97 Å². The number of ketones is 1. The van der Waals surface area contributed by atoms with Crippen molar-refractivity contribution >= 4 is 17.6 Å². The van der Waals surface area contributed by atoms with Crippen molar-refractivity contribution in [3.63, 3.8) is 0 Å². The number of carbonyl (C=O) groups excluding carboxylic acids is 2. The number of anilines is 1. The fraction of sp³-hybridized carbons (Fsp3) is 0.150. The van der Waals surface area contributed by atoms with Gasteiger partial charge in [0.25, 0.3) is 0 Å². The first-order valence-electron chi connectivity index (χ1n) is 8.07. The number of benzene rings is 2. The highest BCUT2D eigenvalue weighted by Crippen LogP contribution is 2.25. The molecule has 5 heteroatoms. The highest BCUT2D eigenvalue weighted by Gasteiger charge is 2.15. The van der Waals surface area contributed by atoms with Gasteiger partial charge in [-0.25, -0.2) is 4.98 Å². The summed E-state index contributed by atoms with van der Waals surface area (Å²) < 4.78 is 0. The molecule has 126 valence electrons. The summed E-state index contributed by atoms with van der Waals surface area (Å²) in [4.78, 5) is 31.0. The molecule has 0 fully saturated rings. The van der Waals surface area contributed by atoms with E-state index < -0.39 is 0 Å². The van der Waals surface area contributed by atoms with Gasteiger partial charge in [-0.2, -0.15) is 0 Å². The largest absolute Gasteiger partial charge is 0.327 e. The Kier molecular flexibility index (Phi) is 4.75. The van der Waals surface area contributed by atoms with Crippen molar-refractivity contribution in [2.45, 2.75) is 19.8 Å². The number of rotatable bonds is 5. The second-order valence-electron chi connectivity index (χ2n) is 5.91. The lowest BCUT2D eigenvalue weighted by atomic mass is 9.94. The van der Waals surface area contributed by atoms with E-state index in [-0.39, 0.29) is 17.6 Å². The van der Waals surface area contributed by atoms with Crippen molar-refractivity contribution in [3.05, 3.63) is 83.2 Å². The van der Waals surface area contributed by atoms with E-state index in [2.05, 4.69) is 15.3 Å². The minimum Gasteiger partial charge on any atom is -0.327 e. The third-order valence-corrected chi connectivity index (χ3v) is 4.04. The lowest BCUT2D eigenvalue weighted by Crippen LogP contribution is -2.07.